The van der Waals surface area contributed by atoms with Crippen molar-refractivity contribution in [3.63, 3.8) is 0 Å². The van der Waals surface area contributed by atoms with Crippen molar-refractivity contribution in [1.82, 2.24) is 9.80 Å². The molecule has 1 aliphatic heterocycles. The van der Waals surface area contributed by atoms with Gasteiger partial charge in [-0.2, -0.15) is 0 Å². The minimum absolute atomic E-state index is 0.0697. The molecule has 0 aromatic heterocycles. The largest absolute Gasteiger partial charge is 0.496 e. The van der Waals surface area contributed by atoms with Gasteiger partial charge >= 0.3 is 0 Å². The van der Waals surface area contributed by atoms with Gasteiger partial charge in [0.1, 0.15) is 16.9 Å². The number of hydrogen-bond acceptors (Lipinski definition) is 5. The summed E-state index contributed by atoms with van der Waals surface area (Å²) in [5, 5.41) is -0.0697. The Kier molecular flexibility index (Phi) is 7.02. The third kappa shape index (κ3) is 4.42. The average molecular weight is 367 g/mol. The van der Waals surface area contributed by atoms with Gasteiger partial charge in [0.2, 0.25) is 5.91 Å². The fourth-order valence-electron chi connectivity index (χ4n) is 3.39. The van der Waals surface area contributed by atoms with Crippen LogP contribution >= 0.6 is 11.8 Å². The van der Waals surface area contributed by atoms with E-state index in [-0.39, 0.29) is 11.3 Å². The van der Waals surface area contributed by atoms with Gasteiger partial charge in [0, 0.05) is 25.2 Å². The van der Waals surface area contributed by atoms with E-state index in [0.29, 0.717) is 24.4 Å². The molecule has 0 spiro atoms. The molecule has 1 aromatic carbocycles. The first-order valence-corrected chi connectivity index (χ1v) is 9.83. The molecule has 1 saturated heterocycles. The number of carbonyl (C=O) groups is 1. The van der Waals surface area contributed by atoms with E-state index in [4.69, 9.17) is 9.47 Å². The van der Waals surface area contributed by atoms with E-state index in [1.165, 1.54) is 0 Å². The Morgan fingerprint density at radius 1 is 1.16 bits per heavy atom. The number of hydrogen-bond donors (Lipinski definition) is 0. The summed E-state index contributed by atoms with van der Waals surface area (Å²) in [6, 6.07) is 6.66. The van der Waals surface area contributed by atoms with Gasteiger partial charge in [-0.1, -0.05) is 6.07 Å². The molecule has 1 heterocycles. The van der Waals surface area contributed by atoms with Crippen LogP contribution in [0.15, 0.2) is 18.2 Å². The lowest BCUT2D eigenvalue weighted by atomic mass is 10.1. The number of nitrogens with zero attached hydrogens (tertiary/aromatic N) is 2. The van der Waals surface area contributed by atoms with E-state index in [1.54, 1.807) is 26.0 Å². The second-order valence-corrected chi connectivity index (χ2v) is 7.82. The van der Waals surface area contributed by atoms with E-state index in [2.05, 4.69) is 32.6 Å². The first-order valence-electron chi connectivity index (χ1n) is 8.78. The van der Waals surface area contributed by atoms with E-state index in [0.717, 1.165) is 23.6 Å². The van der Waals surface area contributed by atoms with E-state index in [1.807, 2.05) is 23.1 Å². The second-order valence-electron chi connectivity index (χ2n) is 6.75. The first-order chi connectivity index (χ1) is 11.9. The van der Waals surface area contributed by atoms with Crippen LogP contribution < -0.4 is 9.47 Å². The van der Waals surface area contributed by atoms with Crippen LogP contribution in [0.2, 0.25) is 0 Å². The summed E-state index contributed by atoms with van der Waals surface area (Å²) in [6.45, 7) is 10.3. The fraction of sp³-hybridized carbons (Fsp3) is 0.632. The lowest BCUT2D eigenvalue weighted by molar-refractivity contribution is -0.128. The van der Waals surface area contributed by atoms with Crippen LogP contribution in [0.5, 0.6) is 11.5 Å². The number of carbonyl (C=O) groups excluding carboxylic acids is 1. The van der Waals surface area contributed by atoms with E-state index < -0.39 is 0 Å². The fourth-order valence-corrected chi connectivity index (χ4v) is 4.66. The lowest BCUT2D eigenvalue weighted by Gasteiger charge is -2.34. The van der Waals surface area contributed by atoms with Crippen molar-refractivity contribution >= 4 is 17.7 Å². The molecule has 25 heavy (non-hydrogen) atoms. The highest BCUT2D eigenvalue weighted by Crippen LogP contribution is 2.46. The summed E-state index contributed by atoms with van der Waals surface area (Å²) in [5.41, 5.74) is 0.948. The predicted octanol–water partition coefficient (Wildman–Crippen LogP) is 3.40. The SMILES string of the molecule is COc1cccc(OC)c1C1SCC(=O)N1CCN(C(C)C)C(C)C. The van der Waals surface area contributed by atoms with Crippen LogP contribution in [0.25, 0.3) is 0 Å². The van der Waals surface area contributed by atoms with Gasteiger partial charge in [-0.15, -0.1) is 11.8 Å². The van der Waals surface area contributed by atoms with Gasteiger partial charge in [-0.3, -0.25) is 9.69 Å². The second kappa shape index (κ2) is 8.81. The number of rotatable bonds is 8. The maximum Gasteiger partial charge on any atom is 0.233 e. The Bertz CT molecular complexity index is 562. The molecule has 6 heteroatoms. The molecule has 140 valence electrons. The standard InChI is InChI=1S/C19H30N2O3S/c1-13(2)20(14(3)4)10-11-21-17(22)12-25-19(21)18-15(23-5)8-7-9-16(18)24-6/h7-9,13-14,19H,10-12H2,1-6H3. The molecule has 0 bridgehead atoms. The van der Waals surface area contributed by atoms with Crippen molar-refractivity contribution in [3.8, 4) is 11.5 Å². The van der Waals surface area contributed by atoms with Gasteiger partial charge < -0.3 is 14.4 Å². The monoisotopic (exact) mass is 366 g/mol. The summed E-state index contributed by atoms with van der Waals surface area (Å²) in [7, 11) is 3.31. The van der Waals surface area contributed by atoms with Crippen LogP contribution in [0, 0.1) is 0 Å². The smallest absolute Gasteiger partial charge is 0.233 e. The molecule has 0 N–H and O–H groups in total. The molecule has 0 radical (unpaired) electrons. The van der Waals surface area contributed by atoms with Crippen molar-refractivity contribution in [1.29, 1.82) is 0 Å². The van der Waals surface area contributed by atoms with E-state index >= 15 is 0 Å². The summed E-state index contributed by atoms with van der Waals surface area (Å²) in [5.74, 6) is 2.20. The van der Waals surface area contributed by atoms with Gasteiger partial charge in [0.25, 0.3) is 0 Å². The quantitative estimate of drug-likeness (QED) is 0.705. The van der Waals surface area contributed by atoms with Crippen molar-refractivity contribution in [2.24, 2.45) is 0 Å². The zero-order chi connectivity index (χ0) is 18.6. The summed E-state index contributed by atoms with van der Waals surface area (Å²) in [6.07, 6.45) is 0. The normalized spacial score (nSPS) is 17.9. The van der Waals surface area contributed by atoms with Crippen LogP contribution in [-0.4, -0.2) is 60.9 Å². The minimum atomic E-state index is -0.0697. The highest BCUT2D eigenvalue weighted by atomic mass is 32.2. The number of thioether (sulfide) groups is 1. The zero-order valence-corrected chi connectivity index (χ0v) is 16.9. The maximum atomic E-state index is 12.5. The summed E-state index contributed by atoms with van der Waals surface area (Å²) in [4.78, 5) is 16.9. The topological polar surface area (TPSA) is 42.0 Å². The zero-order valence-electron chi connectivity index (χ0n) is 16.1. The van der Waals surface area contributed by atoms with Crippen LogP contribution in [0.1, 0.15) is 38.6 Å². The third-order valence-electron chi connectivity index (χ3n) is 4.61. The minimum Gasteiger partial charge on any atom is -0.496 e. The molecule has 1 unspecified atom stereocenters. The Hall–Kier alpha value is -1.40. The van der Waals surface area contributed by atoms with Crippen molar-refractivity contribution in [3.05, 3.63) is 23.8 Å². The molecular weight excluding hydrogens is 336 g/mol. The molecule has 1 aromatic rings. The molecule has 0 saturated carbocycles. The highest BCUT2D eigenvalue weighted by molar-refractivity contribution is 8.00. The molecule has 2 rings (SSSR count). The lowest BCUT2D eigenvalue weighted by Crippen LogP contribution is -2.43. The number of amides is 1. The van der Waals surface area contributed by atoms with Crippen LogP contribution in [0.4, 0.5) is 0 Å². The summed E-state index contributed by atoms with van der Waals surface area (Å²) < 4.78 is 11.1. The van der Waals surface area contributed by atoms with Crippen LogP contribution in [0.3, 0.4) is 0 Å². The highest BCUT2D eigenvalue weighted by Gasteiger charge is 2.36. The molecule has 1 fully saturated rings. The Morgan fingerprint density at radius 3 is 2.20 bits per heavy atom. The van der Waals surface area contributed by atoms with Crippen molar-refractivity contribution in [2.45, 2.75) is 45.2 Å². The molecule has 5 nitrogen and oxygen atoms in total. The van der Waals surface area contributed by atoms with Gasteiger partial charge in [0.05, 0.1) is 25.5 Å². The van der Waals surface area contributed by atoms with Crippen LogP contribution in [-0.2, 0) is 4.79 Å². The molecule has 1 aliphatic rings. The number of benzene rings is 1. The molecule has 1 amide bonds. The van der Waals surface area contributed by atoms with Gasteiger partial charge in [0.15, 0.2) is 0 Å². The maximum absolute atomic E-state index is 12.5. The summed E-state index contributed by atoms with van der Waals surface area (Å²) >= 11 is 1.64. The first kappa shape index (κ1) is 19.9. The van der Waals surface area contributed by atoms with Gasteiger partial charge in [-0.25, -0.2) is 0 Å². The van der Waals surface area contributed by atoms with Gasteiger partial charge in [-0.05, 0) is 39.8 Å². The number of ether oxygens (including phenoxy) is 2. The Morgan fingerprint density at radius 2 is 1.72 bits per heavy atom. The molecular formula is C19H30N2O3S. The Balaban J connectivity index is 2.25. The molecule has 0 aliphatic carbocycles. The predicted molar refractivity (Wildman–Crippen MR) is 103 cm³/mol. The van der Waals surface area contributed by atoms with Crippen molar-refractivity contribution in [2.75, 3.05) is 33.1 Å². The van der Waals surface area contributed by atoms with E-state index in [9.17, 15) is 4.79 Å². The third-order valence-corrected chi connectivity index (χ3v) is 5.83. The molecule has 1 atom stereocenters. The average Bonchev–Trinajstić information content (AvgIpc) is 2.94. The number of methoxy groups -OCH3 is 2. The Labute approximate surface area is 155 Å². The van der Waals surface area contributed by atoms with Crippen molar-refractivity contribution < 1.29 is 14.3 Å².